The highest BCUT2D eigenvalue weighted by atomic mass is 32.2. The van der Waals surface area contributed by atoms with Gasteiger partial charge in [-0.3, -0.25) is 4.79 Å². The Morgan fingerprint density at radius 2 is 1.68 bits per heavy atom. The SMILES string of the molecule is O=C(CCCS(=O)(=O)N1CCCC1)N1CCCC(C2CC2)C1. The molecule has 3 aliphatic rings. The summed E-state index contributed by atoms with van der Waals surface area (Å²) in [7, 11) is -3.14. The lowest BCUT2D eigenvalue weighted by molar-refractivity contribution is -0.133. The van der Waals surface area contributed by atoms with Crippen molar-refractivity contribution in [3.8, 4) is 0 Å². The van der Waals surface area contributed by atoms with Crippen LogP contribution in [0.3, 0.4) is 0 Å². The van der Waals surface area contributed by atoms with Gasteiger partial charge in [0.2, 0.25) is 15.9 Å². The fourth-order valence-electron chi connectivity index (χ4n) is 3.85. The van der Waals surface area contributed by atoms with Crippen LogP contribution < -0.4 is 0 Å². The molecule has 0 bridgehead atoms. The van der Waals surface area contributed by atoms with Gasteiger partial charge in [-0.2, -0.15) is 0 Å². The Morgan fingerprint density at radius 1 is 0.955 bits per heavy atom. The topological polar surface area (TPSA) is 57.7 Å². The lowest BCUT2D eigenvalue weighted by atomic mass is 9.93. The van der Waals surface area contributed by atoms with Crippen LogP contribution in [0.4, 0.5) is 0 Å². The van der Waals surface area contributed by atoms with Crippen LogP contribution in [0.15, 0.2) is 0 Å². The summed E-state index contributed by atoms with van der Waals surface area (Å²) >= 11 is 0. The van der Waals surface area contributed by atoms with Crippen molar-refractivity contribution in [2.45, 2.75) is 51.4 Å². The monoisotopic (exact) mass is 328 g/mol. The molecule has 0 N–H and O–H groups in total. The number of rotatable bonds is 6. The first kappa shape index (κ1) is 16.2. The van der Waals surface area contributed by atoms with Crippen LogP contribution in [0.1, 0.15) is 51.4 Å². The van der Waals surface area contributed by atoms with Crippen molar-refractivity contribution in [2.75, 3.05) is 31.9 Å². The van der Waals surface area contributed by atoms with Crippen LogP contribution >= 0.6 is 0 Å². The summed E-state index contributed by atoms with van der Waals surface area (Å²) in [5.74, 6) is 1.83. The lowest BCUT2D eigenvalue weighted by Crippen LogP contribution is -2.40. The highest BCUT2D eigenvalue weighted by Crippen LogP contribution is 2.41. The number of carbonyl (C=O) groups is 1. The summed E-state index contributed by atoms with van der Waals surface area (Å²) in [6, 6.07) is 0. The number of sulfonamides is 1. The minimum atomic E-state index is -3.14. The van der Waals surface area contributed by atoms with E-state index in [9.17, 15) is 13.2 Å². The van der Waals surface area contributed by atoms with Gasteiger partial charge in [-0.1, -0.05) is 0 Å². The minimum absolute atomic E-state index is 0.124. The Labute approximate surface area is 134 Å². The molecule has 0 radical (unpaired) electrons. The fraction of sp³-hybridized carbons (Fsp3) is 0.938. The Bertz CT molecular complexity index is 496. The van der Waals surface area contributed by atoms with Crippen molar-refractivity contribution in [1.82, 2.24) is 9.21 Å². The largest absolute Gasteiger partial charge is 0.342 e. The molecule has 2 aliphatic heterocycles. The number of hydrogen-bond donors (Lipinski definition) is 0. The van der Waals surface area contributed by atoms with Crippen LogP contribution in [0, 0.1) is 11.8 Å². The average Bonchev–Trinajstić information content (AvgIpc) is 3.20. The maximum Gasteiger partial charge on any atom is 0.222 e. The first-order chi connectivity index (χ1) is 10.6. The summed E-state index contributed by atoms with van der Waals surface area (Å²) < 4.78 is 25.9. The van der Waals surface area contributed by atoms with Gasteiger partial charge in [-0.25, -0.2) is 12.7 Å². The molecule has 3 fully saturated rings. The van der Waals surface area contributed by atoms with E-state index in [1.807, 2.05) is 4.90 Å². The van der Waals surface area contributed by atoms with Crippen molar-refractivity contribution in [1.29, 1.82) is 0 Å². The Hall–Kier alpha value is -0.620. The van der Waals surface area contributed by atoms with Gasteiger partial charge in [0.25, 0.3) is 0 Å². The molecule has 2 saturated heterocycles. The van der Waals surface area contributed by atoms with E-state index in [0.717, 1.165) is 38.3 Å². The second kappa shape index (κ2) is 6.87. The highest BCUT2D eigenvalue weighted by molar-refractivity contribution is 7.89. The number of carbonyl (C=O) groups excluding carboxylic acids is 1. The van der Waals surface area contributed by atoms with E-state index in [1.54, 1.807) is 4.31 Å². The van der Waals surface area contributed by atoms with Crippen molar-refractivity contribution in [2.24, 2.45) is 11.8 Å². The molecule has 0 aromatic heterocycles. The lowest BCUT2D eigenvalue weighted by Gasteiger charge is -2.33. The zero-order valence-electron chi connectivity index (χ0n) is 13.4. The minimum Gasteiger partial charge on any atom is -0.342 e. The van der Waals surface area contributed by atoms with Crippen LogP contribution in [-0.4, -0.2) is 55.5 Å². The average molecular weight is 328 g/mol. The molecular formula is C16H28N2O3S. The van der Waals surface area contributed by atoms with Gasteiger partial charge in [0.1, 0.15) is 0 Å². The van der Waals surface area contributed by atoms with Gasteiger partial charge in [-0.15, -0.1) is 0 Å². The number of hydrogen-bond acceptors (Lipinski definition) is 3. The quantitative estimate of drug-likeness (QED) is 0.747. The van der Waals surface area contributed by atoms with E-state index in [-0.39, 0.29) is 11.7 Å². The predicted octanol–water partition coefficient (Wildman–Crippen LogP) is 1.84. The van der Waals surface area contributed by atoms with Gasteiger partial charge in [0.05, 0.1) is 5.75 Å². The third-order valence-electron chi connectivity index (χ3n) is 5.35. The van der Waals surface area contributed by atoms with E-state index in [4.69, 9.17) is 0 Å². The second-order valence-corrected chi connectivity index (χ2v) is 9.19. The van der Waals surface area contributed by atoms with Gasteiger partial charge in [0, 0.05) is 32.6 Å². The van der Waals surface area contributed by atoms with Gasteiger partial charge >= 0.3 is 0 Å². The molecule has 126 valence electrons. The third kappa shape index (κ3) is 4.02. The summed E-state index contributed by atoms with van der Waals surface area (Å²) in [5, 5.41) is 0. The first-order valence-electron chi connectivity index (χ1n) is 8.82. The van der Waals surface area contributed by atoms with Crippen molar-refractivity contribution >= 4 is 15.9 Å². The normalized spacial score (nSPS) is 27.3. The molecule has 6 heteroatoms. The molecule has 1 unspecified atom stereocenters. The molecule has 5 nitrogen and oxygen atoms in total. The number of likely N-dealkylation sites (tertiary alicyclic amines) is 1. The van der Waals surface area contributed by atoms with Gasteiger partial charge in [0.15, 0.2) is 0 Å². The van der Waals surface area contributed by atoms with Crippen LogP contribution in [0.5, 0.6) is 0 Å². The van der Waals surface area contributed by atoms with E-state index >= 15 is 0 Å². The van der Waals surface area contributed by atoms with Crippen LogP contribution in [0.2, 0.25) is 0 Å². The van der Waals surface area contributed by atoms with Crippen molar-refractivity contribution in [3.05, 3.63) is 0 Å². The predicted molar refractivity (Wildman–Crippen MR) is 85.9 cm³/mol. The van der Waals surface area contributed by atoms with E-state index < -0.39 is 10.0 Å². The molecule has 3 rings (SSSR count). The summed E-state index contributed by atoms with van der Waals surface area (Å²) in [6.07, 6.45) is 7.81. The molecule has 1 amide bonds. The molecular weight excluding hydrogens is 300 g/mol. The Kier molecular flexibility index (Phi) is 5.07. The molecule has 22 heavy (non-hydrogen) atoms. The first-order valence-corrected chi connectivity index (χ1v) is 10.4. The summed E-state index contributed by atoms with van der Waals surface area (Å²) in [5.41, 5.74) is 0. The number of nitrogens with zero attached hydrogens (tertiary/aromatic N) is 2. The zero-order chi connectivity index (χ0) is 15.6. The Balaban J connectivity index is 1.41. The Morgan fingerprint density at radius 3 is 2.36 bits per heavy atom. The van der Waals surface area contributed by atoms with Crippen molar-refractivity contribution < 1.29 is 13.2 Å². The standard InChI is InChI=1S/C16H28N2O3S/c19-16(17-9-3-5-15(13-17)14-7-8-14)6-4-12-22(20,21)18-10-1-2-11-18/h14-15H,1-13H2. The summed E-state index contributed by atoms with van der Waals surface area (Å²) in [6.45, 7) is 3.08. The highest BCUT2D eigenvalue weighted by Gasteiger charge is 2.35. The third-order valence-corrected chi connectivity index (χ3v) is 7.31. The van der Waals surface area contributed by atoms with Crippen molar-refractivity contribution in [3.63, 3.8) is 0 Å². The van der Waals surface area contributed by atoms with E-state index in [1.165, 1.54) is 19.3 Å². The number of piperidine rings is 1. The molecule has 0 aromatic carbocycles. The molecule has 0 aromatic rings. The molecule has 1 aliphatic carbocycles. The number of amides is 1. The maximum atomic E-state index is 12.3. The molecule has 1 atom stereocenters. The van der Waals surface area contributed by atoms with Crippen LogP contribution in [0.25, 0.3) is 0 Å². The molecule has 2 heterocycles. The van der Waals surface area contributed by atoms with E-state index in [2.05, 4.69) is 0 Å². The maximum absolute atomic E-state index is 12.3. The van der Waals surface area contributed by atoms with E-state index in [0.29, 0.717) is 31.8 Å². The molecule has 1 saturated carbocycles. The second-order valence-electron chi connectivity index (χ2n) is 7.11. The molecule has 0 spiro atoms. The van der Waals surface area contributed by atoms with Gasteiger partial charge < -0.3 is 4.90 Å². The summed E-state index contributed by atoms with van der Waals surface area (Å²) in [4.78, 5) is 14.3. The van der Waals surface area contributed by atoms with Gasteiger partial charge in [-0.05, 0) is 56.8 Å². The van der Waals surface area contributed by atoms with Crippen LogP contribution in [-0.2, 0) is 14.8 Å². The fourth-order valence-corrected chi connectivity index (χ4v) is 5.43. The smallest absolute Gasteiger partial charge is 0.222 e. The zero-order valence-corrected chi connectivity index (χ0v) is 14.2.